The topological polar surface area (TPSA) is 42.0 Å². The van der Waals surface area contributed by atoms with Crippen molar-refractivity contribution < 1.29 is 9.18 Å². The fourth-order valence-electron chi connectivity index (χ4n) is 1.40. The predicted octanol–water partition coefficient (Wildman–Crippen LogP) is 2.52. The molecule has 0 saturated carbocycles. The summed E-state index contributed by atoms with van der Waals surface area (Å²) in [7, 11) is 0. The Kier molecular flexibility index (Phi) is 3.49. The quantitative estimate of drug-likeness (QED) is 0.850. The van der Waals surface area contributed by atoms with Crippen LogP contribution in [0.4, 0.5) is 4.39 Å². The van der Waals surface area contributed by atoms with Crippen LogP contribution in [0, 0.1) is 12.9 Å². The maximum absolute atomic E-state index is 13.2. The monoisotopic (exact) mass is 250 g/mol. The highest BCUT2D eigenvalue weighted by molar-refractivity contribution is 7.11. The van der Waals surface area contributed by atoms with Gasteiger partial charge in [0.1, 0.15) is 0 Å². The van der Waals surface area contributed by atoms with Crippen molar-refractivity contribution in [2.75, 3.05) is 0 Å². The molecule has 5 heteroatoms. The van der Waals surface area contributed by atoms with Gasteiger partial charge in [0.2, 0.25) is 5.95 Å². The molecule has 0 saturated heterocycles. The van der Waals surface area contributed by atoms with E-state index in [2.05, 4.69) is 10.3 Å². The summed E-state index contributed by atoms with van der Waals surface area (Å²) in [5.74, 6) is -1.19. The molecule has 0 aliphatic heterocycles. The SMILES string of the molecule is Cc1ccc(CNC(=O)c2cccnc2F)s1. The molecule has 0 aromatic carbocycles. The van der Waals surface area contributed by atoms with E-state index in [0.717, 1.165) is 4.88 Å². The minimum Gasteiger partial charge on any atom is -0.347 e. The maximum Gasteiger partial charge on any atom is 0.256 e. The first-order valence-electron chi connectivity index (χ1n) is 5.11. The lowest BCUT2D eigenvalue weighted by Gasteiger charge is -2.03. The van der Waals surface area contributed by atoms with Crippen molar-refractivity contribution in [3.05, 3.63) is 51.7 Å². The third kappa shape index (κ3) is 2.88. The van der Waals surface area contributed by atoms with Crippen molar-refractivity contribution in [3.8, 4) is 0 Å². The summed E-state index contributed by atoms with van der Waals surface area (Å²) in [5, 5.41) is 2.66. The minimum atomic E-state index is -0.743. The summed E-state index contributed by atoms with van der Waals surface area (Å²) in [4.78, 5) is 17.3. The summed E-state index contributed by atoms with van der Waals surface area (Å²) in [6, 6.07) is 6.88. The molecule has 0 aliphatic carbocycles. The molecule has 0 aliphatic rings. The van der Waals surface area contributed by atoms with Gasteiger partial charge in [-0.1, -0.05) is 0 Å². The van der Waals surface area contributed by atoms with E-state index >= 15 is 0 Å². The van der Waals surface area contributed by atoms with Gasteiger partial charge in [0.05, 0.1) is 12.1 Å². The van der Waals surface area contributed by atoms with Crippen molar-refractivity contribution in [2.45, 2.75) is 13.5 Å². The zero-order valence-electron chi connectivity index (χ0n) is 9.24. The summed E-state index contributed by atoms with van der Waals surface area (Å²) < 4.78 is 13.2. The average molecular weight is 250 g/mol. The minimum absolute atomic E-state index is 0.0271. The Morgan fingerprint density at radius 1 is 1.47 bits per heavy atom. The van der Waals surface area contributed by atoms with Crippen LogP contribution in [-0.4, -0.2) is 10.9 Å². The van der Waals surface area contributed by atoms with Crippen LogP contribution in [0.2, 0.25) is 0 Å². The average Bonchev–Trinajstić information content (AvgIpc) is 2.73. The van der Waals surface area contributed by atoms with Crippen LogP contribution in [0.1, 0.15) is 20.1 Å². The van der Waals surface area contributed by atoms with Crippen molar-refractivity contribution in [1.29, 1.82) is 0 Å². The molecule has 2 aromatic rings. The first-order chi connectivity index (χ1) is 8.16. The van der Waals surface area contributed by atoms with Crippen LogP contribution in [0.5, 0.6) is 0 Å². The number of carbonyl (C=O) groups is 1. The number of amides is 1. The van der Waals surface area contributed by atoms with Gasteiger partial charge in [0, 0.05) is 16.0 Å². The molecule has 88 valence electrons. The lowest BCUT2D eigenvalue weighted by Crippen LogP contribution is -2.23. The van der Waals surface area contributed by atoms with Gasteiger partial charge in [-0.25, -0.2) is 4.98 Å². The molecule has 0 fully saturated rings. The standard InChI is InChI=1S/C12H11FN2OS/c1-8-4-5-9(17-8)7-15-12(16)10-3-2-6-14-11(10)13/h2-6H,7H2,1H3,(H,15,16). The van der Waals surface area contributed by atoms with E-state index in [1.807, 2.05) is 19.1 Å². The number of aryl methyl sites for hydroxylation is 1. The van der Waals surface area contributed by atoms with E-state index in [4.69, 9.17) is 0 Å². The summed E-state index contributed by atoms with van der Waals surface area (Å²) in [6.45, 7) is 2.41. The smallest absolute Gasteiger partial charge is 0.256 e. The second-order valence-corrected chi connectivity index (χ2v) is 4.91. The number of hydrogen-bond acceptors (Lipinski definition) is 3. The van der Waals surface area contributed by atoms with Gasteiger partial charge in [0.15, 0.2) is 0 Å². The van der Waals surface area contributed by atoms with Gasteiger partial charge in [0.25, 0.3) is 5.91 Å². The van der Waals surface area contributed by atoms with Crippen molar-refractivity contribution in [3.63, 3.8) is 0 Å². The summed E-state index contributed by atoms with van der Waals surface area (Å²) in [6.07, 6.45) is 1.31. The Morgan fingerprint density at radius 2 is 2.29 bits per heavy atom. The molecule has 3 nitrogen and oxygen atoms in total. The number of aromatic nitrogens is 1. The van der Waals surface area contributed by atoms with E-state index in [9.17, 15) is 9.18 Å². The lowest BCUT2D eigenvalue weighted by molar-refractivity contribution is 0.0946. The van der Waals surface area contributed by atoms with Crippen LogP contribution < -0.4 is 5.32 Å². The summed E-state index contributed by atoms with van der Waals surface area (Å²) >= 11 is 1.61. The largest absolute Gasteiger partial charge is 0.347 e. The van der Waals surface area contributed by atoms with Crippen molar-refractivity contribution in [2.24, 2.45) is 0 Å². The molecule has 1 N–H and O–H groups in total. The molecule has 0 atom stereocenters. The number of carbonyl (C=O) groups excluding carboxylic acids is 1. The molecule has 0 spiro atoms. The van der Waals surface area contributed by atoms with E-state index in [-0.39, 0.29) is 5.56 Å². The number of hydrogen-bond donors (Lipinski definition) is 1. The predicted molar refractivity (Wildman–Crippen MR) is 64.4 cm³/mol. The van der Waals surface area contributed by atoms with Gasteiger partial charge < -0.3 is 5.32 Å². The molecule has 2 rings (SSSR count). The lowest BCUT2D eigenvalue weighted by atomic mass is 10.2. The zero-order chi connectivity index (χ0) is 12.3. The highest BCUT2D eigenvalue weighted by Crippen LogP contribution is 2.14. The normalized spacial score (nSPS) is 10.2. The molecule has 17 heavy (non-hydrogen) atoms. The number of thiophene rings is 1. The van der Waals surface area contributed by atoms with Crippen LogP contribution in [0.25, 0.3) is 0 Å². The maximum atomic E-state index is 13.2. The number of nitrogens with zero attached hydrogens (tertiary/aromatic N) is 1. The number of nitrogens with one attached hydrogen (secondary N) is 1. The number of halogens is 1. The number of pyridine rings is 1. The first-order valence-corrected chi connectivity index (χ1v) is 5.92. The van der Waals surface area contributed by atoms with Gasteiger partial charge in [-0.15, -0.1) is 11.3 Å². The second kappa shape index (κ2) is 5.05. The molecule has 0 bridgehead atoms. The highest BCUT2D eigenvalue weighted by atomic mass is 32.1. The van der Waals surface area contributed by atoms with E-state index in [1.54, 1.807) is 11.3 Å². The number of rotatable bonds is 3. The van der Waals surface area contributed by atoms with Crippen LogP contribution >= 0.6 is 11.3 Å². The van der Waals surface area contributed by atoms with Gasteiger partial charge in [-0.2, -0.15) is 4.39 Å². The Balaban J connectivity index is 2.01. The Morgan fingerprint density at radius 3 is 2.94 bits per heavy atom. The Labute approximate surface area is 102 Å². The molecule has 1 amide bonds. The zero-order valence-corrected chi connectivity index (χ0v) is 10.1. The fourth-order valence-corrected chi connectivity index (χ4v) is 2.23. The van der Waals surface area contributed by atoms with Gasteiger partial charge in [-0.3, -0.25) is 4.79 Å². The highest BCUT2D eigenvalue weighted by Gasteiger charge is 2.11. The Bertz CT molecular complexity index is 539. The molecule has 0 radical (unpaired) electrons. The summed E-state index contributed by atoms with van der Waals surface area (Å²) in [5.41, 5.74) is -0.0271. The molecule has 0 unspecified atom stereocenters. The van der Waals surface area contributed by atoms with E-state index < -0.39 is 11.9 Å². The first kappa shape index (κ1) is 11.7. The third-order valence-corrected chi connectivity index (χ3v) is 3.22. The Hall–Kier alpha value is -1.75. The van der Waals surface area contributed by atoms with Gasteiger partial charge >= 0.3 is 0 Å². The van der Waals surface area contributed by atoms with E-state index in [1.165, 1.54) is 23.2 Å². The van der Waals surface area contributed by atoms with Crippen LogP contribution in [0.15, 0.2) is 30.5 Å². The van der Waals surface area contributed by atoms with Crippen molar-refractivity contribution >= 4 is 17.2 Å². The fraction of sp³-hybridized carbons (Fsp3) is 0.167. The third-order valence-electron chi connectivity index (χ3n) is 2.22. The second-order valence-electron chi connectivity index (χ2n) is 3.54. The molecule has 2 aromatic heterocycles. The van der Waals surface area contributed by atoms with Crippen molar-refractivity contribution in [1.82, 2.24) is 10.3 Å². The van der Waals surface area contributed by atoms with Crippen LogP contribution in [-0.2, 0) is 6.54 Å². The molecular weight excluding hydrogens is 239 g/mol. The van der Waals surface area contributed by atoms with Gasteiger partial charge in [-0.05, 0) is 31.2 Å². The molecular formula is C12H11FN2OS. The van der Waals surface area contributed by atoms with E-state index in [0.29, 0.717) is 6.54 Å². The molecule has 2 heterocycles. The van der Waals surface area contributed by atoms with Crippen LogP contribution in [0.3, 0.4) is 0 Å².